The van der Waals surface area contributed by atoms with Crippen molar-refractivity contribution < 1.29 is 4.74 Å². The molecule has 0 saturated heterocycles. The molecule has 0 aliphatic heterocycles. The second kappa shape index (κ2) is 6.27. The lowest BCUT2D eigenvalue weighted by molar-refractivity contribution is 0.126. The number of nitrogens with one attached hydrogen (secondary N) is 1. The number of rotatable bonds is 6. The molecule has 1 unspecified atom stereocenters. The number of hydrogen-bond acceptors (Lipinski definition) is 5. The quantitative estimate of drug-likeness (QED) is 0.766. The SMILES string of the molecule is CCOCC(Nc1cncc(N)n1)C(C)C. The summed E-state index contributed by atoms with van der Waals surface area (Å²) in [6.07, 6.45) is 3.19. The molecule has 1 aromatic heterocycles. The van der Waals surface area contributed by atoms with Crippen LogP contribution in [-0.2, 0) is 4.74 Å². The smallest absolute Gasteiger partial charge is 0.147 e. The van der Waals surface area contributed by atoms with Gasteiger partial charge in [-0.1, -0.05) is 13.8 Å². The summed E-state index contributed by atoms with van der Waals surface area (Å²) in [5.41, 5.74) is 5.57. The lowest BCUT2D eigenvalue weighted by Crippen LogP contribution is -2.31. The van der Waals surface area contributed by atoms with E-state index in [9.17, 15) is 0 Å². The van der Waals surface area contributed by atoms with Crippen molar-refractivity contribution in [3.05, 3.63) is 12.4 Å². The maximum Gasteiger partial charge on any atom is 0.147 e. The van der Waals surface area contributed by atoms with Crippen molar-refractivity contribution in [1.29, 1.82) is 0 Å². The lowest BCUT2D eigenvalue weighted by atomic mass is 10.1. The van der Waals surface area contributed by atoms with Crippen molar-refractivity contribution in [3.63, 3.8) is 0 Å². The van der Waals surface area contributed by atoms with Gasteiger partial charge in [0.05, 0.1) is 25.0 Å². The topological polar surface area (TPSA) is 73.1 Å². The Morgan fingerprint density at radius 2 is 2.19 bits per heavy atom. The molecule has 0 amide bonds. The molecule has 1 rings (SSSR count). The highest BCUT2D eigenvalue weighted by atomic mass is 16.5. The highest BCUT2D eigenvalue weighted by Crippen LogP contribution is 2.11. The summed E-state index contributed by atoms with van der Waals surface area (Å²) in [4.78, 5) is 8.14. The Hall–Kier alpha value is -1.36. The summed E-state index contributed by atoms with van der Waals surface area (Å²) in [6, 6.07) is 0.219. The van der Waals surface area contributed by atoms with E-state index in [2.05, 4.69) is 29.1 Å². The van der Waals surface area contributed by atoms with Gasteiger partial charge in [-0.3, -0.25) is 4.98 Å². The Labute approximate surface area is 96.4 Å². The summed E-state index contributed by atoms with van der Waals surface area (Å²) in [7, 11) is 0. The van der Waals surface area contributed by atoms with Crippen LogP contribution in [0.1, 0.15) is 20.8 Å². The zero-order chi connectivity index (χ0) is 12.0. The predicted molar refractivity (Wildman–Crippen MR) is 65.2 cm³/mol. The molecule has 0 bridgehead atoms. The van der Waals surface area contributed by atoms with E-state index in [1.165, 1.54) is 6.20 Å². The molecular weight excluding hydrogens is 204 g/mol. The van der Waals surface area contributed by atoms with Crippen molar-refractivity contribution in [2.24, 2.45) is 5.92 Å². The minimum absolute atomic E-state index is 0.219. The van der Waals surface area contributed by atoms with E-state index in [-0.39, 0.29) is 6.04 Å². The van der Waals surface area contributed by atoms with Crippen LogP contribution in [0.2, 0.25) is 0 Å². The van der Waals surface area contributed by atoms with Gasteiger partial charge in [-0.25, -0.2) is 4.98 Å². The molecule has 90 valence electrons. The second-order valence-corrected chi connectivity index (χ2v) is 3.98. The zero-order valence-electron chi connectivity index (χ0n) is 10.1. The fourth-order valence-electron chi connectivity index (χ4n) is 1.29. The summed E-state index contributed by atoms with van der Waals surface area (Å²) in [5.74, 6) is 1.57. The number of ether oxygens (including phenoxy) is 1. The van der Waals surface area contributed by atoms with Gasteiger partial charge < -0.3 is 15.8 Å². The Balaban J connectivity index is 2.60. The maximum atomic E-state index is 5.57. The largest absolute Gasteiger partial charge is 0.382 e. The van der Waals surface area contributed by atoms with Gasteiger partial charge in [-0.05, 0) is 12.8 Å². The summed E-state index contributed by atoms with van der Waals surface area (Å²) in [5, 5.41) is 3.28. The summed E-state index contributed by atoms with van der Waals surface area (Å²) >= 11 is 0. The third-order valence-electron chi connectivity index (χ3n) is 2.29. The van der Waals surface area contributed by atoms with Crippen LogP contribution >= 0.6 is 0 Å². The van der Waals surface area contributed by atoms with Gasteiger partial charge in [0.15, 0.2) is 0 Å². The Morgan fingerprint density at radius 3 is 2.75 bits per heavy atom. The van der Waals surface area contributed by atoms with Gasteiger partial charge in [0.25, 0.3) is 0 Å². The van der Waals surface area contributed by atoms with Crippen molar-refractivity contribution >= 4 is 11.6 Å². The van der Waals surface area contributed by atoms with Crippen molar-refractivity contribution in [2.75, 3.05) is 24.3 Å². The molecule has 0 aliphatic carbocycles. The fourth-order valence-corrected chi connectivity index (χ4v) is 1.29. The van der Waals surface area contributed by atoms with Gasteiger partial charge >= 0.3 is 0 Å². The zero-order valence-corrected chi connectivity index (χ0v) is 10.1. The number of nitrogen functional groups attached to an aromatic ring is 1. The van der Waals surface area contributed by atoms with Crippen molar-refractivity contribution in [1.82, 2.24) is 9.97 Å². The molecular formula is C11H20N4O. The van der Waals surface area contributed by atoms with Crippen LogP contribution in [0.3, 0.4) is 0 Å². The van der Waals surface area contributed by atoms with Gasteiger partial charge in [0.2, 0.25) is 0 Å². The number of nitrogens with two attached hydrogens (primary N) is 1. The normalized spacial score (nSPS) is 12.8. The van der Waals surface area contributed by atoms with E-state index in [0.717, 1.165) is 0 Å². The van der Waals surface area contributed by atoms with E-state index in [4.69, 9.17) is 10.5 Å². The van der Waals surface area contributed by atoms with Crippen LogP contribution in [-0.4, -0.2) is 29.2 Å². The van der Waals surface area contributed by atoms with Crippen LogP contribution < -0.4 is 11.1 Å². The van der Waals surface area contributed by atoms with E-state index >= 15 is 0 Å². The Morgan fingerprint density at radius 1 is 1.44 bits per heavy atom. The van der Waals surface area contributed by atoms with Crippen LogP contribution in [0.4, 0.5) is 11.6 Å². The highest BCUT2D eigenvalue weighted by molar-refractivity contribution is 5.39. The van der Waals surface area contributed by atoms with Gasteiger partial charge in [-0.15, -0.1) is 0 Å². The Bertz CT molecular complexity index is 317. The molecule has 1 atom stereocenters. The summed E-state index contributed by atoms with van der Waals surface area (Å²) < 4.78 is 5.42. The monoisotopic (exact) mass is 224 g/mol. The van der Waals surface area contributed by atoms with Crippen LogP contribution in [0, 0.1) is 5.92 Å². The Kier molecular flexibility index (Phi) is 4.98. The summed E-state index contributed by atoms with van der Waals surface area (Å²) in [6.45, 7) is 7.63. The van der Waals surface area contributed by atoms with Gasteiger partial charge in [0, 0.05) is 6.61 Å². The van der Waals surface area contributed by atoms with Gasteiger partial charge in [0.1, 0.15) is 11.6 Å². The molecule has 0 saturated carbocycles. The first-order chi connectivity index (χ1) is 7.63. The number of nitrogens with zero attached hydrogens (tertiary/aromatic N) is 2. The molecule has 0 fully saturated rings. The maximum absolute atomic E-state index is 5.57. The van der Waals surface area contributed by atoms with Crippen LogP contribution in [0.25, 0.3) is 0 Å². The van der Waals surface area contributed by atoms with Crippen LogP contribution in [0.5, 0.6) is 0 Å². The number of hydrogen-bond donors (Lipinski definition) is 2. The van der Waals surface area contributed by atoms with Crippen molar-refractivity contribution in [2.45, 2.75) is 26.8 Å². The molecule has 1 heterocycles. The second-order valence-electron chi connectivity index (χ2n) is 3.98. The van der Waals surface area contributed by atoms with Gasteiger partial charge in [-0.2, -0.15) is 0 Å². The molecule has 1 aromatic rings. The highest BCUT2D eigenvalue weighted by Gasteiger charge is 2.13. The third kappa shape index (κ3) is 4.02. The molecule has 5 nitrogen and oxygen atoms in total. The predicted octanol–water partition coefficient (Wildman–Crippen LogP) is 1.53. The first-order valence-corrected chi connectivity index (χ1v) is 5.55. The van der Waals surface area contributed by atoms with E-state index in [1.54, 1.807) is 6.20 Å². The average Bonchev–Trinajstić information content (AvgIpc) is 2.24. The fraction of sp³-hybridized carbons (Fsp3) is 0.636. The molecule has 3 N–H and O–H groups in total. The minimum Gasteiger partial charge on any atom is -0.382 e. The average molecular weight is 224 g/mol. The minimum atomic E-state index is 0.219. The van der Waals surface area contributed by atoms with Crippen molar-refractivity contribution in [3.8, 4) is 0 Å². The molecule has 0 radical (unpaired) electrons. The van der Waals surface area contributed by atoms with E-state index < -0.39 is 0 Å². The van der Waals surface area contributed by atoms with Crippen LogP contribution in [0.15, 0.2) is 12.4 Å². The molecule has 5 heteroatoms. The first-order valence-electron chi connectivity index (χ1n) is 5.55. The number of anilines is 2. The van der Waals surface area contributed by atoms with E-state index in [0.29, 0.717) is 30.8 Å². The molecule has 0 aliphatic rings. The number of aromatic nitrogens is 2. The third-order valence-corrected chi connectivity index (χ3v) is 2.29. The van der Waals surface area contributed by atoms with E-state index in [1.807, 2.05) is 6.92 Å². The first kappa shape index (κ1) is 12.7. The molecule has 0 aromatic carbocycles. The molecule has 0 spiro atoms. The lowest BCUT2D eigenvalue weighted by Gasteiger charge is -2.22. The molecule has 16 heavy (non-hydrogen) atoms. The standard InChI is InChI=1S/C11H20N4O/c1-4-16-7-9(8(2)3)14-11-6-13-5-10(12)15-11/h5-6,8-9H,4,7H2,1-3H3,(H3,12,14,15).